The minimum atomic E-state index is -1.31. The maximum absolute atomic E-state index is 11.0. The fourth-order valence-electron chi connectivity index (χ4n) is 0.823. The lowest BCUT2D eigenvalue weighted by molar-refractivity contribution is -0.123. The molecule has 0 aliphatic carbocycles. The van der Waals surface area contributed by atoms with Crippen LogP contribution in [0.5, 0.6) is 0 Å². The molecule has 0 saturated heterocycles. The zero-order valence-corrected chi connectivity index (χ0v) is 7.70. The zero-order valence-electron chi connectivity index (χ0n) is 7.70. The number of carboxylic acid groups (broad SMARTS) is 1. The lowest BCUT2D eigenvalue weighted by Gasteiger charge is -2.13. The average Bonchev–Trinajstić information content (AvgIpc) is 1.98. The maximum atomic E-state index is 11.0. The Morgan fingerprint density at radius 3 is 2.31 bits per heavy atom. The normalized spacial score (nSPS) is 12.3. The number of carbonyl (C=O) groups is 2. The Kier molecular flexibility index (Phi) is 4.83. The minimum absolute atomic E-state index is 0.297. The van der Waals surface area contributed by atoms with Gasteiger partial charge in [-0.3, -0.25) is 10.2 Å². The molecule has 1 atom stereocenters. The summed E-state index contributed by atoms with van der Waals surface area (Å²) in [5.41, 5.74) is 9.17. The minimum Gasteiger partial charge on any atom is -0.464 e. The van der Waals surface area contributed by atoms with Gasteiger partial charge in [-0.05, 0) is 12.3 Å². The Balaban J connectivity index is 3.76. The number of nitrogens with one attached hydrogen (secondary N) is 2. The molecule has 0 heterocycles. The first-order chi connectivity index (χ1) is 5.93. The van der Waals surface area contributed by atoms with Gasteiger partial charge >= 0.3 is 6.09 Å². The van der Waals surface area contributed by atoms with Crippen molar-refractivity contribution in [1.82, 2.24) is 10.9 Å². The van der Waals surface area contributed by atoms with E-state index in [9.17, 15) is 9.59 Å². The summed E-state index contributed by atoms with van der Waals surface area (Å²) in [7, 11) is 0. The van der Waals surface area contributed by atoms with Gasteiger partial charge in [-0.2, -0.15) is 0 Å². The van der Waals surface area contributed by atoms with Gasteiger partial charge in [0.05, 0.1) is 6.04 Å². The van der Waals surface area contributed by atoms with Crippen molar-refractivity contribution < 1.29 is 14.7 Å². The highest BCUT2D eigenvalue weighted by molar-refractivity contribution is 5.83. The van der Waals surface area contributed by atoms with Crippen molar-refractivity contribution in [3.05, 3.63) is 0 Å². The number of hydrogen-bond donors (Lipinski definition) is 4. The summed E-state index contributed by atoms with van der Waals surface area (Å²) in [6, 6.07) is -0.674. The standard InChI is InChI=1S/C7H15N3O3/c1-4(2)3-5(8)6(11)9-10-7(12)13/h4-5,10H,3,8H2,1-2H3,(H,9,11)(H,12,13). The van der Waals surface area contributed by atoms with Crippen LogP contribution in [0.25, 0.3) is 0 Å². The average molecular weight is 189 g/mol. The van der Waals surface area contributed by atoms with Crippen LogP contribution in [0, 0.1) is 5.92 Å². The summed E-state index contributed by atoms with van der Waals surface area (Å²) in [4.78, 5) is 21.0. The first-order valence-electron chi connectivity index (χ1n) is 3.98. The molecule has 76 valence electrons. The van der Waals surface area contributed by atoms with Crippen LogP contribution in [0.2, 0.25) is 0 Å². The molecule has 0 aromatic rings. The smallest absolute Gasteiger partial charge is 0.423 e. The van der Waals surface area contributed by atoms with E-state index in [4.69, 9.17) is 10.8 Å². The quantitative estimate of drug-likeness (QED) is 0.456. The summed E-state index contributed by atoms with van der Waals surface area (Å²) >= 11 is 0. The van der Waals surface area contributed by atoms with E-state index >= 15 is 0 Å². The second-order valence-corrected chi connectivity index (χ2v) is 3.16. The molecule has 0 saturated carbocycles. The molecule has 0 aromatic heterocycles. The van der Waals surface area contributed by atoms with Crippen LogP contribution in [0.3, 0.4) is 0 Å². The van der Waals surface area contributed by atoms with Gasteiger partial charge < -0.3 is 10.8 Å². The van der Waals surface area contributed by atoms with Gasteiger partial charge in [0.2, 0.25) is 0 Å². The van der Waals surface area contributed by atoms with Crippen molar-refractivity contribution in [3.8, 4) is 0 Å². The number of rotatable bonds is 3. The maximum Gasteiger partial charge on any atom is 0.423 e. The monoisotopic (exact) mass is 189 g/mol. The highest BCUT2D eigenvalue weighted by atomic mass is 16.4. The highest BCUT2D eigenvalue weighted by Gasteiger charge is 2.14. The van der Waals surface area contributed by atoms with Crippen molar-refractivity contribution in [3.63, 3.8) is 0 Å². The molecule has 5 N–H and O–H groups in total. The van der Waals surface area contributed by atoms with E-state index in [1.807, 2.05) is 19.3 Å². The summed E-state index contributed by atoms with van der Waals surface area (Å²) in [6.45, 7) is 3.86. The van der Waals surface area contributed by atoms with Crippen molar-refractivity contribution in [2.75, 3.05) is 0 Å². The molecule has 0 spiro atoms. The first-order valence-corrected chi connectivity index (χ1v) is 3.98. The Morgan fingerprint density at radius 1 is 1.38 bits per heavy atom. The van der Waals surface area contributed by atoms with Crippen LogP contribution >= 0.6 is 0 Å². The molecule has 0 aromatic carbocycles. The second-order valence-electron chi connectivity index (χ2n) is 3.16. The molecule has 1 unspecified atom stereocenters. The van der Waals surface area contributed by atoms with E-state index in [1.54, 1.807) is 5.43 Å². The van der Waals surface area contributed by atoms with Crippen LogP contribution in [0.15, 0.2) is 0 Å². The van der Waals surface area contributed by atoms with Gasteiger partial charge in [0.15, 0.2) is 0 Å². The van der Waals surface area contributed by atoms with E-state index in [0.717, 1.165) is 0 Å². The van der Waals surface area contributed by atoms with Crippen LogP contribution in [-0.2, 0) is 4.79 Å². The summed E-state index contributed by atoms with van der Waals surface area (Å²) in [5, 5.41) is 8.16. The Morgan fingerprint density at radius 2 is 1.92 bits per heavy atom. The largest absolute Gasteiger partial charge is 0.464 e. The van der Waals surface area contributed by atoms with E-state index in [-0.39, 0.29) is 0 Å². The molecule has 6 nitrogen and oxygen atoms in total. The fourth-order valence-corrected chi connectivity index (χ4v) is 0.823. The van der Waals surface area contributed by atoms with E-state index in [1.165, 1.54) is 0 Å². The number of nitrogens with two attached hydrogens (primary N) is 1. The van der Waals surface area contributed by atoms with Crippen LogP contribution < -0.4 is 16.6 Å². The number of hydrogen-bond acceptors (Lipinski definition) is 3. The topological polar surface area (TPSA) is 104 Å². The van der Waals surface area contributed by atoms with Gasteiger partial charge in [0, 0.05) is 0 Å². The summed E-state index contributed by atoms with van der Waals surface area (Å²) < 4.78 is 0. The van der Waals surface area contributed by atoms with Gasteiger partial charge in [0.25, 0.3) is 5.91 Å². The third-order valence-electron chi connectivity index (χ3n) is 1.35. The van der Waals surface area contributed by atoms with Crippen molar-refractivity contribution >= 4 is 12.0 Å². The lowest BCUT2D eigenvalue weighted by Crippen LogP contribution is -2.49. The van der Waals surface area contributed by atoms with Gasteiger partial charge in [-0.15, -0.1) is 0 Å². The number of hydrazine groups is 1. The fraction of sp³-hybridized carbons (Fsp3) is 0.714. The Bertz CT molecular complexity index is 193. The first kappa shape index (κ1) is 11.7. The summed E-state index contributed by atoms with van der Waals surface area (Å²) in [5.74, 6) is -0.221. The Labute approximate surface area is 76.5 Å². The van der Waals surface area contributed by atoms with Crippen LogP contribution in [0.1, 0.15) is 20.3 Å². The van der Waals surface area contributed by atoms with Crippen molar-refractivity contribution in [1.29, 1.82) is 0 Å². The SMILES string of the molecule is CC(C)CC(N)C(=O)NNC(=O)O. The third kappa shape index (κ3) is 5.92. The lowest BCUT2D eigenvalue weighted by atomic mass is 10.0. The summed E-state index contributed by atoms with van der Waals surface area (Å²) in [6.07, 6.45) is -0.794. The van der Waals surface area contributed by atoms with E-state index in [2.05, 4.69) is 0 Å². The molecule has 0 aliphatic heterocycles. The van der Waals surface area contributed by atoms with Crippen molar-refractivity contribution in [2.24, 2.45) is 11.7 Å². The molecular formula is C7H15N3O3. The van der Waals surface area contributed by atoms with E-state index in [0.29, 0.717) is 12.3 Å². The predicted molar refractivity (Wildman–Crippen MR) is 46.7 cm³/mol. The zero-order chi connectivity index (χ0) is 10.4. The molecule has 0 aliphatic rings. The van der Waals surface area contributed by atoms with Gasteiger partial charge in [-0.1, -0.05) is 13.8 Å². The Hall–Kier alpha value is -1.30. The van der Waals surface area contributed by atoms with Crippen molar-refractivity contribution in [2.45, 2.75) is 26.3 Å². The molecule has 2 amide bonds. The molecule has 13 heavy (non-hydrogen) atoms. The number of carbonyl (C=O) groups excluding carboxylic acids is 1. The molecule has 0 radical (unpaired) electrons. The van der Waals surface area contributed by atoms with Crippen LogP contribution in [-0.4, -0.2) is 23.1 Å². The molecule has 0 rings (SSSR count). The molecular weight excluding hydrogens is 174 g/mol. The second kappa shape index (κ2) is 5.36. The van der Waals surface area contributed by atoms with Crippen LogP contribution in [0.4, 0.5) is 4.79 Å². The molecule has 6 heteroatoms. The van der Waals surface area contributed by atoms with Gasteiger partial charge in [-0.25, -0.2) is 10.2 Å². The molecule has 0 fully saturated rings. The predicted octanol–water partition coefficient (Wildman–Crippen LogP) is -0.341. The highest BCUT2D eigenvalue weighted by Crippen LogP contribution is 2.01. The van der Waals surface area contributed by atoms with E-state index < -0.39 is 18.0 Å². The van der Waals surface area contributed by atoms with Gasteiger partial charge in [0.1, 0.15) is 0 Å². The number of amides is 2. The molecule has 0 bridgehead atoms. The third-order valence-corrected chi connectivity index (χ3v) is 1.35.